The molecule has 4 rings (SSSR count). The number of pyridine rings is 1. The second kappa shape index (κ2) is 7.37. The van der Waals surface area contributed by atoms with E-state index in [1.54, 1.807) is 34.6 Å². The molecular weight excluding hydrogens is 380 g/mol. The summed E-state index contributed by atoms with van der Waals surface area (Å²) < 4.78 is 1.61. The fourth-order valence-corrected chi connectivity index (χ4v) is 4.36. The highest BCUT2D eigenvalue weighted by Gasteiger charge is 2.16. The third-order valence-electron chi connectivity index (χ3n) is 3.83. The molecule has 4 aromatic heterocycles. The Balaban J connectivity index is 1.47. The van der Waals surface area contributed by atoms with Crippen LogP contribution in [-0.4, -0.2) is 30.9 Å². The normalized spacial score (nSPS) is 10.9. The van der Waals surface area contributed by atoms with Crippen LogP contribution in [-0.2, 0) is 6.54 Å². The number of carbonyl (C=O) groups excluding carboxylic acids is 1. The van der Waals surface area contributed by atoms with Gasteiger partial charge in [0.1, 0.15) is 0 Å². The van der Waals surface area contributed by atoms with Crippen molar-refractivity contribution in [2.75, 3.05) is 5.32 Å². The Morgan fingerprint density at radius 3 is 2.85 bits per heavy atom. The SMILES string of the molecule is Cc1ccc(-c2nc(NC(=O)c3cn(Cc4cccnc4)nn3)sc2C)s1. The van der Waals surface area contributed by atoms with Gasteiger partial charge in [-0.25, -0.2) is 9.67 Å². The van der Waals surface area contributed by atoms with Gasteiger partial charge in [-0.15, -0.1) is 27.8 Å². The van der Waals surface area contributed by atoms with Gasteiger partial charge in [0.05, 0.1) is 23.3 Å². The molecule has 0 spiro atoms. The smallest absolute Gasteiger partial charge is 0.279 e. The predicted molar refractivity (Wildman–Crippen MR) is 106 cm³/mol. The Labute approximate surface area is 163 Å². The van der Waals surface area contributed by atoms with Crippen molar-refractivity contribution in [3.05, 3.63) is 63.9 Å². The average Bonchev–Trinajstić information content (AvgIpc) is 3.36. The van der Waals surface area contributed by atoms with E-state index in [1.165, 1.54) is 16.2 Å². The van der Waals surface area contributed by atoms with Crippen LogP contribution in [0.2, 0.25) is 0 Å². The molecule has 0 saturated heterocycles. The molecule has 27 heavy (non-hydrogen) atoms. The molecule has 0 unspecified atom stereocenters. The topological polar surface area (TPSA) is 85.6 Å². The first kappa shape index (κ1) is 17.5. The molecule has 1 amide bonds. The number of anilines is 1. The molecule has 4 aromatic rings. The summed E-state index contributed by atoms with van der Waals surface area (Å²) in [5.74, 6) is -0.324. The molecule has 0 aliphatic rings. The second-order valence-corrected chi connectivity index (χ2v) is 8.44. The zero-order chi connectivity index (χ0) is 18.8. The molecule has 0 saturated carbocycles. The molecule has 7 nitrogen and oxygen atoms in total. The van der Waals surface area contributed by atoms with Crippen LogP contribution in [0.1, 0.15) is 25.8 Å². The maximum atomic E-state index is 12.5. The molecule has 0 aliphatic carbocycles. The summed E-state index contributed by atoms with van der Waals surface area (Å²) in [6, 6.07) is 7.92. The van der Waals surface area contributed by atoms with Crippen LogP contribution in [0.5, 0.6) is 0 Å². The average molecular weight is 397 g/mol. The van der Waals surface area contributed by atoms with Crippen LogP contribution >= 0.6 is 22.7 Å². The van der Waals surface area contributed by atoms with Crippen molar-refractivity contribution in [2.45, 2.75) is 20.4 Å². The predicted octanol–water partition coefficient (Wildman–Crippen LogP) is 3.78. The third kappa shape index (κ3) is 3.93. The maximum absolute atomic E-state index is 12.5. The van der Waals surface area contributed by atoms with Crippen LogP contribution < -0.4 is 5.32 Å². The Hall–Kier alpha value is -2.91. The summed E-state index contributed by atoms with van der Waals surface area (Å²) in [5.41, 5.74) is 2.15. The number of thiazole rings is 1. The van der Waals surface area contributed by atoms with E-state index in [1.807, 2.05) is 19.1 Å². The zero-order valence-corrected chi connectivity index (χ0v) is 16.3. The molecule has 0 radical (unpaired) electrons. The van der Waals surface area contributed by atoms with Crippen molar-refractivity contribution in [1.29, 1.82) is 0 Å². The maximum Gasteiger partial charge on any atom is 0.279 e. The Kier molecular flexibility index (Phi) is 4.78. The molecule has 0 aromatic carbocycles. The first-order chi connectivity index (χ1) is 13.1. The Morgan fingerprint density at radius 2 is 2.11 bits per heavy atom. The molecular formula is C18H16N6OS2. The molecule has 0 atom stereocenters. The van der Waals surface area contributed by atoms with Gasteiger partial charge >= 0.3 is 0 Å². The van der Waals surface area contributed by atoms with Crippen LogP contribution in [0, 0.1) is 13.8 Å². The number of amides is 1. The summed E-state index contributed by atoms with van der Waals surface area (Å²) in [7, 11) is 0. The standard InChI is InChI=1S/C18H16N6OS2/c1-11-5-6-15(26-11)16-12(2)27-18(20-16)21-17(25)14-10-24(23-22-14)9-13-4-3-7-19-8-13/h3-8,10H,9H2,1-2H3,(H,20,21,25). The molecule has 1 N–H and O–H groups in total. The van der Waals surface area contributed by atoms with Crippen molar-refractivity contribution in [2.24, 2.45) is 0 Å². The number of hydrogen-bond acceptors (Lipinski definition) is 7. The summed E-state index contributed by atoms with van der Waals surface area (Å²) in [6.07, 6.45) is 5.09. The Bertz CT molecular complexity index is 1080. The van der Waals surface area contributed by atoms with Crippen molar-refractivity contribution < 1.29 is 4.79 Å². The first-order valence-electron chi connectivity index (χ1n) is 8.23. The molecule has 0 bridgehead atoms. The fourth-order valence-electron chi connectivity index (χ4n) is 2.56. The van der Waals surface area contributed by atoms with Gasteiger partial charge in [0.2, 0.25) is 0 Å². The number of aromatic nitrogens is 5. The zero-order valence-electron chi connectivity index (χ0n) is 14.7. The minimum absolute atomic E-state index is 0.250. The van der Waals surface area contributed by atoms with Gasteiger partial charge < -0.3 is 0 Å². The van der Waals surface area contributed by atoms with Gasteiger partial charge in [-0.3, -0.25) is 15.1 Å². The lowest BCUT2D eigenvalue weighted by Crippen LogP contribution is -2.12. The Morgan fingerprint density at radius 1 is 1.22 bits per heavy atom. The molecule has 0 fully saturated rings. The number of aryl methyl sites for hydroxylation is 2. The van der Waals surface area contributed by atoms with Gasteiger partial charge in [-0.1, -0.05) is 11.3 Å². The van der Waals surface area contributed by atoms with Crippen LogP contribution in [0.15, 0.2) is 42.9 Å². The number of nitrogens with zero attached hydrogens (tertiary/aromatic N) is 5. The van der Waals surface area contributed by atoms with Crippen molar-refractivity contribution in [3.8, 4) is 10.6 Å². The summed E-state index contributed by atoms with van der Waals surface area (Å²) in [5, 5.41) is 11.3. The van der Waals surface area contributed by atoms with Crippen molar-refractivity contribution in [3.63, 3.8) is 0 Å². The quantitative estimate of drug-likeness (QED) is 0.555. The van der Waals surface area contributed by atoms with E-state index in [0.29, 0.717) is 11.7 Å². The minimum atomic E-state index is -0.324. The van der Waals surface area contributed by atoms with Crippen molar-refractivity contribution in [1.82, 2.24) is 25.0 Å². The van der Waals surface area contributed by atoms with E-state index in [2.05, 4.69) is 44.7 Å². The van der Waals surface area contributed by atoms with E-state index in [0.717, 1.165) is 21.0 Å². The van der Waals surface area contributed by atoms with E-state index in [-0.39, 0.29) is 11.6 Å². The lowest BCUT2D eigenvalue weighted by molar-refractivity contribution is 0.102. The number of hydrogen-bond donors (Lipinski definition) is 1. The van der Waals surface area contributed by atoms with Crippen LogP contribution in [0.25, 0.3) is 10.6 Å². The highest BCUT2D eigenvalue weighted by atomic mass is 32.1. The van der Waals surface area contributed by atoms with Gasteiger partial charge in [0.25, 0.3) is 5.91 Å². The first-order valence-corrected chi connectivity index (χ1v) is 9.86. The molecule has 136 valence electrons. The molecule has 0 aliphatic heterocycles. The van der Waals surface area contributed by atoms with Crippen LogP contribution in [0.3, 0.4) is 0 Å². The fraction of sp³-hybridized carbons (Fsp3) is 0.167. The van der Waals surface area contributed by atoms with E-state index < -0.39 is 0 Å². The van der Waals surface area contributed by atoms with Gasteiger partial charge in [0.15, 0.2) is 10.8 Å². The lowest BCUT2D eigenvalue weighted by atomic mass is 10.3. The highest BCUT2D eigenvalue weighted by Crippen LogP contribution is 2.34. The molecule has 4 heterocycles. The molecule has 9 heteroatoms. The van der Waals surface area contributed by atoms with Gasteiger partial charge in [-0.05, 0) is 37.6 Å². The highest BCUT2D eigenvalue weighted by molar-refractivity contribution is 7.18. The van der Waals surface area contributed by atoms with Gasteiger partial charge in [0, 0.05) is 22.1 Å². The minimum Gasteiger partial charge on any atom is -0.296 e. The number of thiophene rings is 1. The third-order valence-corrected chi connectivity index (χ3v) is 5.72. The van der Waals surface area contributed by atoms with Crippen LogP contribution in [0.4, 0.5) is 5.13 Å². The number of nitrogens with one attached hydrogen (secondary N) is 1. The summed E-state index contributed by atoms with van der Waals surface area (Å²) in [4.78, 5) is 24.5. The summed E-state index contributed by atoms with van der Waals surface area (Å²) >= 11 is 3.14. The van der Waals surface area contributed by atoms with E-state index in [9.17, 15) is 4.79 Å². The summed E-state index contributed by atoms with van der Waals surface area (Å²) in [6.45, 7) is 4.57. The van der Waals surface area contributed by atoms with E-state index >= 15 is 0 Å². The number of rotatable bonds is 5. The largest absolute Gasteiger partial charge is 0.296 e. The van der Waals surface area contributed by atoms with Crippen molar-refractivity contribution >= 4 is 33.7 Å². The lowest BCUT2D eigenvalue weighted by Gasteiger charge is -1.99. The monoisotopic (exact) mass is 396 g/mol. The second-order valence-electron chi connectivity index (χ2n) is 5.95. The van der Waals surface area contributed by atoms with E-state index in [4.69, 9.17) is 0 Å². The van der Waals surface area contributed by atoms with Gasteiger partial charge in [-0.2, -0.15) is 0 Å². The number of carbonyl (C=O) groups is 1.